The van der Waals surface area contributed by atoms with E-state index in [2.05, 4.69) is 38.0 Å². The summed E-state index contributed by atoms with van der Waals surface area (Å²) < 4.78 is 0. The molecule has 0 bridgehead atoms. The number of tetrazole rings is 1. The number of rotatable bonds is 6. The highest BCUT2D eigenvalue weighted by molar-refractivity contribution is 6.03. The summed E-state index contributed by atoms with van der Waals surface area (Å²) in [6.07, 6.45) is 1.79. The maximum absolute atomic E-state index is 12.3. The molecule has 2 N–H and O–H groups in total. The van der Waals surface area contributed by atoms with Gasteiger partial charge in [-0.25, -0.2) is 4.98 Å². The van der Waals surface area contributed by atoms with Gasteiger partial charge in [-0.15, -0.1) is 5.10 Å². The van der Waals surface area contributed by atoms with Gasteiger partial charge in [0.1, 0.15) is 5.82 Å². The number of anilines is 2. The smallest absolute Gasteiger partial charge is 0.270 e. The van der Waals surface area contributed by atoms with Gasteiger partial charge < -0.3 is 5.32 Å². The van der Waals surface area contributed by atoms with E-state index in [4.69, 9.17) is 0 Å². The van der Waals surface area contributed by atoms with Gasteiger partial charge >= 0.3 is 0 Å². The van der Waals surface area contributed by atoms with Gasteiger partial charge in [-0.3, -0.25) is 10.1 Å². The quantitative estimate of drug-likeness (QED) is 0.830. The summed E-state index contributed by atoms with van der Waals surface area (Å²) in [6, 6.07) is 3.50. The Morgan fingerprint density at radius 2 is 2.14 bits per heavy atom. The Kier molecular flexibility index (Phi) is 4.81. The molecule has 2 aromatic rings. The molecule has 0 spiro atoms. The molecule has 112 valence electrons. The third-order valence-corrected chi connectivity index (χ3v) is 2.74. The van der Waals surface area contributed by atoms with Crippen molar-refractivity contribution in [3.05, 3.63) is 23.4 Å². The molecule has 0 unspecified atom stereocenters. The first-order valence-corrected chi connectivity index (χ1v) is 6.92. The molecule has 0 aliphatic rings. The van der Waals surface area contributed by atoms with E-state index in [1.165, 1.54) is 4.80 Å². The van der Waals surface area contributed by atoms with Crippen molar-refractivity contribution in [2.45, 2.75) is 26.7 Å². The van der Waals surface area contributed by atoms with Crippen LogP contribution >= 0.6 is 0 Å². The third kappa shape index (κ3) is 3.98. The van der Waals surface area contributed by atoms with Crippen LogP contribution in [0.3, 0.4) is 0 Å². The van der Waals surface area contributed by atoms with Crippen molar-refractivity contribution < 1.29 is 4.79 Å². The standard InChI is InChI=1S/C13H19N7O/c1-4-6-10-7-9(8-11(15-10)14-5-2)12(21)16-13-17-19-20(3)18-13/h7-8H,4-6H2,1-3H3,(H,14,15)(H,16,18,21). The Morgan fingerprint density at radius 3 is 2.76 bits per heavy atom. The molecular formula is C13H19N7O. The number of carbonyl (C=O) groups is 1. The highest BCUT2D eigenvalue weighted by Crippen LogP contribution is 2.13. The molecule has 1 amide bonds. The number of aromatic nitrogens is 5. The molecule has 0 aliphatic heterocycles. The van der Waals surface area contributed by atoms with E-state index in [0.29, 0.717) is 11.4 Å². The number of aryl methyl sites for hydroxylation is 2. The first-order valence-electron chi connectivity index (χ1n) is 6.92. The maximum atomic E-state index is 12.3. The average molecular weight is 289 g/mol. The summed E-state index contributed by atoms with van der Waals surface area (Å²) >= 11 is 0. The van der Waals surface area contributed by atoms with Crippen LogP contribution in [-0.4, -0.2) is 37.6 Å². The van der Waals surface area contributed by atoms with E-state index in [0.717, 1.165) is 25.1 Å². The fourth-order valence-electron chi connectivity index (χ4n) is 1.88. The SMILES string of the molecule is CCCc1cc(C(=O)Nc2nnn(C)n2)cc(NCC)n1. The molecular weight excluding hydrogens is 270 g/mol. The molecule has 2 heterocycles. The van der Waals surface area contributed by atoms with Crippen LogP contribution in [0.15, 0.2) is 12.1 Å². The van der Waals surface area contributed by atoms with Gasteiger partial charge in [-0.05, 0) is 30.7 Å². The number of nitrogens with zero attached hydrogens (tertiary/aromatic N) is 5. The second-order valence-corrected chi connectivity index (χ2v) is 4.57. The number of hydrogen-bond donors (Lipinski definition) is 2. The summed E-state index contributed by atoms with van der Waals surface area (Å²) in [5.74, 6) is 0.601. The van der Waals surface area contributed by atoms with Crippen molar-refractivity contribution >= 4 is 17.7 Å². The van der Waals surface area contributed by atoms with Gasteiger partial charge in [0.2, 0.25) is 0 Å². The summed E-state index contributed by atoms with van der Waals surface area (Å²) in [5.41, 5.74) is 1.41. The van der Waals surface area contributed by atoms with E-state index in [-0.39, 0.29) is 11.9 Å². The highest BCUT2D eigenvalue weighted by atomic mass is 16.1. The van der Waals surface area contributed by atoms with E-state index in [1.54, 1.807) is 19.2 Å². The first-order chi connectivity index (χ1) is 10.1. The van der Waals surface area contributed by atoms with Crippen LogP contribution in [0.4, 0.5) is 11.8 Å². The minimum Gasteiger partial charge on any atom is -0.370 e. The Labute approximate surface area is 123 Å². The number of amides is 1. The number of hydrogen-bond acceptors (Lipinski definition) is 6. The van der Waals surface area contributed by atoms with Crippen molar-refractivity contribution in [2.24, 2.45) is 7.05 Å². The second-order valence-electron chi connectivity index (χ2n) is 4.57. The summed E-state index contributed by atoms with van der Waals surface area (Å²) in [5, 5.41) is 17.1. The van der Waals surface area contributed by atoms with Crippen LogP contribution < -0.4 is 10.6 Å². The summed E-state index contributed by atoms with van der Waals surface area (Å²) in [6.45, 7) is 4.80. The van der Waals surface area contributed by atoms with E-state index in [1.807, 2.05) is 6.92 Å². The fraction of sp³-hybridized carbons (Fsp3) is 0.462. The van der Waals surface area contributed by atoms with Crippen molar-refractivity contribution in [1.82, 2.24) is 25.2 Å². The predicted molar refractivity (Wildman–Crippen MR) is 79.1 cm³/mol. The van der Waals surface area contributed by atoms with Gasteiger partial charge in [0.05, 0.1) is 7.05 Å². The molecule has 0 aliphatic carbocycles. The Balaban J connectivity index is 2.21. The van der Waals surface area contributed by atoms with Crippen molar-refractivity contribution in [1.29, 1.82) is 0 Å². The molecule has 0 saturated carbocycles. The lowest BCUT2D eigenvalue weighted by atomic mass is 10.1. The fourth-order valence-corrected chi connectivity index (χ4v) is 1.88. The molecule has 8 heteroatoms. The van der Waals surface area contributed by atoms with E-state index < -0.39 is 0 Å². The zero-order valence-corrected chi connectivity index (χ0v) is 12.4. The lowest BCUT2D eigenvalue weighted by molar-refractivity contribution is 0.102. The lowest BCUT2D eigenvalue weighted by Gasteiger charge is -2.08. The minimum absolute atomic E-state index is 0.182. The molecule has 0 saturated heterocycles. The molecule has 2 rings (SSSR count). The molecule has 21 heavy (non-hydrogen) atoms. The molecule has 0 radical (unpaired) electrons. The minimum atomic E-state index is -0.276. The zero-order valence-electron chi connectivity index (χ0n) is 12.4. The first kappa shape index (κ1) is 14.9. The lowest BCUT2D eigenvalue weighted by Crippen LogP contribution is -2.15. The van der Waals surface area contributed by atoms with Crippen molar-refractivity contribution in [3.8, 4) is 0 Å². The van der Waals surface area contributed by atoms with Crippen LogP contribution in [-0.2, 0) is 13.5 Å². The van der Waals surface area contributed by atoms with Crippen LogP contribution in [0.2, 0.25) is 0 Å². The second kappa shape index (κ2) is 6.78. The number of nitrogens with one attached hydrogen (secondary N) is 2. The zero-order chi connectivity index (χ0) is 15.2. The largest absolute Gasteiger partial charge is 0.370 e. The average Bonchev–Trinajstić information content (AvgIpc) is 2.84. The molecule has 2 aromatic heterocycles. The Bertz CT molecular complexity index is 598. The summed E-state index contributed by atoms with van der Waals surface area (Å²) in [7, 11) is 1.64. The topological polar surface area (TPSA) is 97.6 Å². The van der Waals surface area contributed by atoms with Gasteiger partial charge in [-0.2, -0.15) is 4.80 Å². The molecule has 8 nitrogen and oxygen atoms in total. The van der Waals surface area contributed by atoms with Crippen LogP contribution in [0, 0.1) is 0 Å². The van der Waals surface area contributed by atoms with Gasteiger partial charge in [-0.1, -0.05) is 18.4 Å². The van der Waals surface area contributed by atoms with Gasteiger partial charge in [0, 0.05) is 17.8 Å². The third-order valence-electron chi connectivity index (χ3n) is 2.74. The highest BCUT2D eigenvalue weighted by Gasteiger charge is 2.12. The van der Waals surface area contributed by atoms with Gasteiger partial charge in [0.25, 0.3) is 11.9 Å². The predicted octanol–water partition coefficient (Wildman–Crippen LogP) is 1.24. The molecule has 0 aromatic carbocycles. The maximum Gasteiger partial charge on any atom is 0.270 e. The van der Waals surface area contributed by atoms with E-state index >= 15 is 0 Å². The van der Waals surface area contributed by atoms with Crippen LogP contribution in [0.25, 0.3) is 0 Å². The monoisotopic (exact) mass is 289 g/mol. The van der Waals surface area contributed by atoms with Gasteiger partial charge in [0.15, 0.2) is 0 Å². The van der Waals surface area contributed by atoms with Crippen LogP contribution in [0.5, 0.6) is 0 Å². The van der Waals surface area contributed by atoms with Crippen molar-refractivity contribution in [3.63, 3.8) is 0 Å². The normalized spacial score (nSPS) is 10.4. The Morgan fingerprint density at radius 1 is 1.33 bits per heavy atom. The number of carbonyl (C=O) groups excluding carboxylic acids is 1. The molecule has 0 fully saturated rings. The van der Waals surface area contributed by atoms with Crippen molar-refractivity contribution in [2.75, 3.05) is 17.2 Å². The summed E-state index contributed by atoms with van der Waals surface area (Å²) in [4.78, 5) is 18.0. The van der Waals surface area contributed by atoms with E-state index in [9.17, 15) is 4.79 Å². The number of pyridine rings is 1. The molecule has 0 atom stereocenters. The van der Waals surface area contributed by atoms with Crippen LogP contribution in [0.1, 0.15) is 36.3 Å². The Hall–Kier alpha value is -2.51.